The summed E-state index contributed by atoms with van der Waals surface area (Å²) in [5, 5.41) is 20.4. The van der Waals surface area contributed by atoms with E-state index in [1.165, 1.54) is 0 Å². The zero-order chi connectivity index (χ0) is 17.9. The molecule has 2 aliphatic rings. The van der Waals surface area contributed by atoms with Crippen LogP contribution in [0.15, 0.2) is 60.7 Å². The van der Waals surface area contributed by atoms with Gasteiger partial charge in [0.05, 0.1) is 13.2 Å². The highest BCUT2D eigenvalue weighted by molar-refractivity contribution is 5.18. The van der Waals surface area contributed by atoms with Crippen molar-refractivity contribution >= 4 is 0 Å². The van der Waals surface area contributed by atoms with Crippen molar-refractivity contribution in [2.75, 3.05) is 13.2 Å². The molecule has 2 aliphatic heterocycles. The molecular weight excluding hydrogens is 336 g/mol. The number of benzene rings is 2. The molecule has 6 heteroatoms. The van der Waals surface area contributed by atoms with Gasteiger partial charge in [-0.3, -0.25) is 0 Å². The Morgan fingerprint density at radius 2 is 1.35 bits per heavy atom. The normalized spacial score (nSPS) is 34.7. The summed E-state index contributed by atoms with van der Waals surface area (Å²) in [5.41, 5.74) is 1.66. The van der Waals surface area contributed by atoms with Crippen LogP contribution in [-0.4, -0.2) is 47.8 Å². The maximum absolute atomic E-state index is 10.6. The van der Waals surface area contributed by atoms with Gasteiger partial charge in [-0.1, -0.05) is 60.7 Å². The van der Waals surface area contributed by atoms with E-state index in [9.17, 15) is 10.2 Å². The fraction of sp³-hybridized carbons (Fsp3) is 0.400. The van der Waals surface area contributed by atoms with E-state index in [0.29, 0.717) is 0 Å². The molecule has 2 aromatic rings. The molecule has 2 unspecified atom stereocenters. The van der Waals surface area contributed by atoms with Crippen molar-refractivity contribution in [1.29, 1.82) is 0 Å². The molecule has 2 aromatic carbocycles. The summed E-state index contributed by atoms with van der Waals surface area (Å²) >= 11 is 0. The Kier molecular flexibility index (Phi) is 5.31. The van der Waals surface area contributed by atoms with Crippen LogP contribution in [0.2, 0.25) is 0 Å². The fourth-order valence-corrected chi connectivity index (χ4v) is 3.34. The zero-order valence-electron chi connectivity index (χ0n) is 14.2. The lowest BCUT2D eigenvalue weighted by Gasteiger charge is -2.41. The lowest BCUT2D eigenvalue weighted by Crippen LogP contribution is -2.54. The number of hydrogen-bond acceptors (Lipinski definition) is 6. The molecule has 0 amide bonds. The van der Waals surface area contributed by atoms with Crippen LogP contribution in [-0.2, 0) is 18.9 Å². The summed E-state index contributed by atoms with van der Waals surface area (Å²) in [6.45, 7) is -0.178. The first-order chi connectivity index (χ1) is 12.8. The van der Waals surface area contributed by atoms with E-state index in [1.807, 2.05) is 60.7 Å². The second-order valence-corrected chi connectivity index (χ2v) is 6.44. The predicted molar refractivity (Wildman–Crippen MR) is 92.0 cm³/mol. The SMILES string of the molecule is OC[C@H]1OC(c2ccccc2)O[C@H]2[C@@H]1OC(c1ccccc1)OC[C@@H]2O. The smallest absolute Gasteiger partial charge is 0.184 e. The lowest BCUT2D eigenvalue weighted by atomic mass is 10.0. The third-order valence-electron chi connectivity index (χ3n) is 4.67. The van der Waals surface area contributed by atoms with Crippen LogP contribution in [0.3, 0.4) is 0 Å². The molecule has 0 aliphatic carbocycles. The van der Waals surface area contributed by atoms with Crippen LogP contribution in [0.1, 0.15) is 23.7 Å². The van der Waals surface area contributed by atoms with Gasteiger partial charge in [-0.05, 0) is 0 Å². The largest absolute Gasteiger partial charge is 0.394 e. The van der Waals surface area contributed by atoms with Crippen LogP contribution >= 0.6 is 0 Å². The first-order valence-corrected chi connectivity index (χ1v) is 8.73. The molecule has 6 atom stereocenters. The van der Waals surface area contributed by atoms with E-state index in [-0.39, 0.29) is 13.2 Å². The van der Waals surface area contributed by atoms with Crippen LogP contribution in [0, 0.1) is 0 Å². The summed E-state index contributed by atoms with van der Waals surface area (Å²) in [4.78, 5) is 0. The molecule has 2 saturated heterocycles. The zero-order valence-corrected chi connectivity index (χ0v) is 14.2. The Morgan fingerprint density at radius 3 is 1.96 bits per heavy atom. The van der Waals surface area contributed by atoms with Crippen molar-refractivity contribution in [2.24, 2.45) is 0 Å². The van der Waals surface area contributed by atoms with Crippen LogP contribution in [0.5, 0.6) is 0 Å². The number of fused-ring (bicyclic) bond motifs is 1. The van der Waals surface area contributed by atoms with Gasteiger partial charge in [0.15, 0.2) is 12.6 Å². The van der Waals surface area contributed by atoms with Crippen molar-refractivity contribution < 1.29 is 29.2 Å². The highest BCUT2D eigenvalue weighted by atomic mass is 16.8. The quantitative estimate of drug-likeness (QED) is 0.873. The number of rotatable bonds is 3. The molecule has 0 spiro atoms. The summed E-state index contributed by atoms with van der Waals surface area (Å²) in [7, 11) is 0. The number of ether oxygens (including phenoxy) is 4. The van der Waals surface area contributed by atoms with Gasteiger partial charge >= 0.3 is 0 Å². The van der Waals surface area contributed by atoms with Crippen LogP contribution < -0.4 is 0 Å². The van der Waals surface area contributed by atoms with E-state index in [0.717, 1.165) is 11.1 Å². The topological polar surface area (TPSA) is 77.4 Å². The fourth-order valence-electron chi connectivity index (χ4n) is 3.34. The van der Waals surface area contributed by atoms with Gasteiger partial charge < -0.3 is 29.2 Å². The monoisotopic (exact) mass is 358 g/mol. The Morgan fingerprint density at radius 1 is 0.769 bits per heavy atom. The Labute approximate surface area is 151 Å². The first kappa shape index (κ1) is 17.6. The molecule has 2 heterocycles. The molecular formula is C20H22O6. The molecule has 0 aromatic heterocycles. The number of hydrogen-bond donors (Lipinski definition) is 2. The van der Waals surface area contributed by atoms with E-state index < -0.39 is 37.0 Å². The van der Waals surface area contributed by atoms with Crippen molar-refractivity contribution in [3.8, 4) is 0 Å². The Balaban J connectivity index is 1.59. The van der Waals surface area contributed by atoms with E-state index in [2.05, 4.69) is 0 Å². The number of aliphatic hydroxyl groups excluding tert-OH is 2. The second kappa shape index (κ2) is 7.84. The van der Waals surface area contributed by atoms with E-state index >= 15 is 0 Å². The maximum atomic E-state index is 10.6. The van der Waals surface area contributed by atoms with Gasteiger partial charge in [0.1, 0.15) is 24.4 Å². The van der Waals surface area contributed by atoms with Gasteiger partial charge in [-0.15, -0.1) is 0 Å². The predicted octanol–water partition coefficient (Wildman–Crippen LogP) is 1.94. The summed E-state index contributed by atoms with van der Waals surface area (Å²) in [5.74, 6) is 0. The van der Waals surface area contributed by atoms with Gasteiger partial charge in [-0.2, -0.15) is 0 Å². The standard InChI is InChI=1S/C20H22O6/c21-11-16-18-17(25-20(24-16)14-9-5-2-6-10-14)15(22)12-23-19(26-18)13-7-3-1-4-8-13/h1-10,15-22H,11-12H2/t15-,16+,17+,18+,19?,20?/m0/s1. The van der Waals surface area contributed by atoms with Gasteiger partial charge in [0.2, 0.25) is 0 Å². The van der Waals surface area contributed by atoms with Gasteiger partial charge in [0.25, 0.3) is 0 Å². The molecule has 2 N–H and O–H groups in total. The van der Waals surface area contributed by atoms with Crippen molar-refractivity contribution in [2.45, 2.75) is 37.0 Å². The molecule has 2 fully saturated rings. The van der Waals surface area contributed by atoms with Crippen molar-refractivity contribution in [3.63, 3.8) is 0 Å². The minimum absolute atomic E-state index is 0.0698. The average molecular weight is 358 g/mol. The lowest BCUT2D eigenvalue weighted by molar-refractivity contribution is -0.322. The highest BCUT2D eigenvalue weighted by Gasteiger charge is 2.47. The molecule has 0 radical (unpaired) electrons. The maximum Gasteiger partial charge on any atom is 0.184 e. The highest BCUT2D eigenvalue weighted by Crippen LogP contribution is 2.37. The molecule has 6 nitrogen and oxygen atoms in total. The average Bonchev–Trinajstić information content (AvgIpc) is 2.88. The van der Waals surface area contributed by atoms with Gasteiger partial charge in [-0.25, -0.2) is 0 Å². The van der Waals surface area contributed by atoms with Crippen LogP contribution in [0.4, 0.5) is 0 Å². The van der Waals surface area contributed by atoms with E-state index in [4.69, 9.17) is 18.9 Å². The second-order valence-electron chi connectivity index (χ2n) is 6.44. The molecule has 0 bridgehead atoms. The first-order valence-electron chi connectivity index (χ1n) is 8.73. The van der Waals surface area contributed by atoms with E-state index in [1.54, 1.807) is 0 Å². The third-order valence-corrected chi connectivity index (χ3v) is 4.67. The molecule has 26 heavy (non-hydrogen) atoms. The van der Waals surface area contributed by atoms with Gasteiger partial charge in [0, 0.05) is 11.1 Å². The molecule has 138 valence electrons. The third kappa shape index (κ3) is 3.53. The van der Waals surface area contributed by atoms with Crippen LogP contribution in [0.25, 0.3) is 0 Å². The van der Waals surface area contributed by atoms with Crippen molar-refractivity contribution in [3.05, 3.63) is 71.8 Å². The number of aliphatic hydroxyl groups is 2. The Hall–Kier alpha value is -1.80. The van der Waals surface area contributed by atoms with Crippen molar-refractivity contribution in [1.82, 2.24) is 0 Å². The summed E-state index contributed by atoms with van der Waals surface area (Å²) in [6.07, 6.45) is -4.18. The Bertz CT molecular complexity index is 656. The minimum Gasteiger partial charge on any atom is -0.394 e. The summed E-state index contributed by atoms with van der Waals surface area (Å²) < 4.78 is 23.7. The molecule has 4 rings (SSSR count). The summed E-state index contributed by atoms with van der Waals surface area (Å²) in [6, 6.07) is 18.9. The molecule has 0 saturated carbocycles. The minimum atomic E-state index is -0.891.